The van der Waals surface area contributed by atoms with Gasteiger partial charge in [0.2, 0.25) is 0 Å². The molecule has 1 aromatic carbocycles. The molecule has 10 heteroatoms. The van der Waals surface area contributed by atoms with Crippen LogP contribution in [0.5, 0.6) is 5.75 Å². The molecule has 0 aliphatic carbocycles. The first-order chi connectivity index (χ1) is 8.86. The largest absolute Gasteiger partial charge is 1.00 e. The SMILES string of the molecule is Cn1cc(COc2cc([B-](F)(F)F)ccc2F)nn1.[K+]. The summed E-state index contributed by atoms with van der Waals surface area (Å²) >= 11 is 0. The Bertz CT molecular complexity index is 590. The van der Waals surface area contributed by atoms with Crippen molar-refractivity contribution in [2.24, 2.45) is 7.05 Å². The summed E-state index contributed by atoms with van der Waals surface area (Å²) in [5.74, 6) is -1.31. The van der Waals surface area contributed by atoms with E-state index >= 15 is 0 Å². The third-order valence-electron chi connectivity index (χ3n) is 2.36. The first kappa shape index (κ1) is 17.6. The molecule has 0 aliphatic rings. The summed E-state index contributed by atoms with van der Waals surface area (Å²) in [7, 11) is 1.63. The van der Waals surface area contributed by atoms with Crippen LogP contribution in [-0.4, -0.2) is 22.0 Å². The van der Waals surface area contributed by atoms with Gasteiger partial charge < -0.3 is 17.7 Å². The van der Waals surface area contributed by atoms with E-state index in [9.17, 15) is 17.3 Å². The number of ether oxygens (including phenoxy) is 1. The Morgan fingerprint density at radius 2 is 2.00 bits per heavy atom. The van der Waals surface area contributed by atoms with Gasteiger partial charge in [-0.25, -0.2) is 4.39 Å². The molecule has 0 fully saturated rings. The fourth-order valence-electron chi connectivity index (χ4n) is 1.45. The Morgan fingerprint density at radius 3 is 2.55 bits per heavy atom. The monoisotopic (exact) mass is 313 g/mol. The number of aromatic nitrogens is 3. The number of rotatable bonds is 4. The fourth-order valence-corrected chi connectivity index (χ4v) is 1.45. The van der Waals surface area contributed by atoms with E-state index in [0.717, 1.165) is 6.07 Å². The summed E-state index contributed by atoms with van der Waals surface area (Å²) in [6.07, 6.45) is 1.52. The second kappa shape index (κ2) is 7.03. The molecule has 0 atom stereocenters. The number of hydrogen-bond acceptors (Lipinski definition) is 3. The van der Waals surface area contributed by atoms with Gasteiger partial charge in [0.1, 0.15) is 12.3 Å². The number of aryl methyl sites for hydroxylation is 1. The average molecular weight is 313 g/mol. The van der Waals surface area contributed by atoms with Crippen molar-refractivity contribution in [2.75, 3.05) is 0 Å². The van der Waals surface area contributed by atoms with Gasteiger partial charge >= 0.3 is 58.4 Å². The maximum atomic E-state index is 13.3. The molecule has 0 aliphatic heterocycles. The van der Waals surface area contributed by atoms with E-state index in [1.54, 1.807) is 7.05 Å². The summed E-state index contributed by atoms with van der Waals surface area (Å²) in [4.78, 5) is 0. The van der Waals surface area contributed by atoms with Crippen LogP contribution >= 0.6 is 0 Å². The number of halogens is 4. The Hall–Kier alpha value is -0.419. The maximum Gasteiger partial charge on any atom is 1.00 e. The van der Waals surface area contributed by atoms with Gasteiger partial charge in [0.15, 0.2) is 11.6 Å². The standard InChI is InChI=1S/C10H9BF4N3O.K/c1-18-5-8(16-17-18)6-19-10-4-7(11(13,14)15)2-3-9(10)12;/h2-5H,6H2,1H3;/q-1;+1. The summed E-state index contributed by atoms with van der Waals surface area (Å²) in [5.41, 5.74) is -0.514. The van der Waals surface area contributed by atoms with Crippen LogP contribution in [0.3, 0.4) is 0 Å². The smallest absolute Gasteiger partial charge is 0.484 e. The Kier molecular flexibility index (Phi) is 6.20. The van der Waals surface area contributed by atoms with Crippen LogP contribution < -0.4 is 61.6 Å². The summed E-state index contributed by atoms with van der Waals surface area (Å²) < 4.78 is 57.3. The van der Waals surface area contributed by atoms with Crippen LogP contribution in [-0.2, 0) is 13.7 Å². The van der Waals surface area contributed by atoms with E-state index in [1.807, 2.05) is 0 Å². The molecule has 0 unspecified atom stereocenters. The van der Waals surface area contributed by atoms with Gasteiger partial charge in [-0.2, -0.15) is 0 Å². The minimum atomic E-state index is -5.19. The first-order valence-electron chi connectivity index (χ1n) is 5.33. The minimum Gasteiger partial charge on any atom is -0.484 e. The topological polar surface area (TPSA) is 39.9 Å². The fraction of sp³-hybridized carbons (Fsp3) is 0.200. The molecule has 0 amide bonds. The van der Waals surface area contributed by atoms with E-state index in [-0.39, 0.29) is 58.0 Å². The van der Waals surface area contributed by atoms with Crippen molar-refractivity contribution in [2.45, 2.75) is 6.61 Å². The third-order valence-corrected chi connectivity index (χ3v) is 2.36. The minimum absolute atomic E-state index is 0. The molecule has 0 saturated heterocycles. The van der Waals surface area contributed by atoms with Gasteiger partial charge in [0.05, 0.1) is 6.20 Å². The normalized spacial score (nSPS) is 11.1. The molecular formula is C10H9BF4KN3O. The summed E-state index contributed by atoms with van der Waals surface area (Å²) in [6, 6.07) is 2.06. The average Bonchev–Trinajstić information content (AvgIpc) is 2.72. The van der Waals surface area contributed by atoms with Crippen LogP contribution in [0.2, 0.25) is 0 Å². The van der Waals surface area contributed by atoms with Gasteiger partial charge in [-0.15, -0.1) is 10.6 Å². The number of hydrogen-bond donors (Lipinski definition) is 0. The van der Waals surface area contributed by atoms with E-state index < -0.39 is 24.0 Å². The molecule has 0 radical (unpaired) electrons. The molecule has 0 saturated carbocycles. The van der Waals surface area contributed by atoms with Crippen LogP contribution in [0.1, 0.15) is 5.69 Å². The Labute approximate surface area is 155 Å². The van der Waals surface area contributed by atoms with Crippen LogP contribution in [0.15, 0.2) is 24.4 Å². The molecule has 2 aromatic rings. The number of benzene rings is 1. The molecule has 4 nitrogen and oxygen atoms in total. The van der Waals surface area contributed by atoms with Crippen molar-refractivity contribution in [3.05, 3.63) is 35.9 Å². The van der Waals surface area contributed by atoms with Crippen molar-refractivity contribution in [1.29, 1.82) is 0 Å². The molecule has 20 heavy (non-hydrogen) atoms. The van der Waals surface area contributed by atoms with Crippen LogP contribution in [0, 0.1) is 5.82 Å². The first-order valence-corrected chi connectivity index (χ1v) is 5.33. The molecule has 2 rings (SSSR count). The van der Waals surface area contributed by atoms with Gasteiger partial charge in [-0.05, 0) is 12.1 Å². The van der Waals surface area contributed by atoms with E-state index in [4.69, 9.17) is 4.74 Å². The van der Waals surface area contributed by atoms with E-state index in [1.165, 1.54) is 10.9 Å². The summed E-state index contributed by atoms with van der Waals surface area (Å²) in [5, 5.41) is 7.30. The quantitative estimate of drug-likeness (QED) is 0.514. The zero-order valence-electron chi connectivity index (χ0n) is 10.9. The Balaban J connectivity index is 0.00000200. The molecule has 1 heterocycles. The molecule has 102 valence electrons. The predicted molar refractivity (Wildman–Crippen MR) is 60.4 cm³/mol. The number of nitrogens with zero attached hydrogens (tertiary/aromatic N) is 3. The second-order valence-electron chi connectivity index (χ2n) is 3.94. The van der Waals surface area contributed by atoms with Crippen LogP contribution in [0.25, 0.3) is 0 Å². The van der Waals surface area contributed by atoms with Gasteiger partial charge in [0, 0.05) is 7.05 Å². The van der Waals surface area contributed by atoms with Crippen molar-refractivity contribution in [1.82, 2.24) is 15.0 Å². The summed E-state index contributed by atoms with van der Waals surface area (Å²) in [6.45, 7) is -5.34. The van der Waals surface area contributed by atoms with Gasteiger partial charge in [-0.1, -0.05) is 11.3 Å². The maximum absolute atomic E-state index is 13.3. The zero-order chi connectivity index (χ0) is 14.0. The predicted octanol–water partition coefficient (Wildman–Crippen LogP) is -1.41. The molecule has 1 aromatic heterocycles. The van der Waals surface area contributed by atoms with E-state index in [2.05, 4.69) is 10.3 Å². The van der Waals surface area contributed by atoms with Crippen molar-refractivity contribution in [3.8, 4) is 5.75 Å². The van der Waals surface area contributed by atoms with Crippen LogP contribution in [0.4, 0.5) is 17.3 Å². The van der Waals surface area contributed by atoms with Crippen molar-refractivity contribution >= 4 is 12.4 Å². The third kappa shape index (κ3) is 4.55. The molecular weight excluding hydrogens is 304 g/mol. The van der Waals surface area contributed by atoms with Crippen molar-refractivity contribution < 1.29 is 73.5 Å². The molecule has 0 spiro atoms. The van der Waals surface area contributed by atoms with Gasteiger partial charge in [-0.3, -0.25) is 4.68 Å². The zero-order valence-corrected chi connectivity index (χ0v) is 14.0. The molecule has 0 N–H and O–H groups in total. The Morgan fingerprint density at radius 1 is 1.30 bits per heavy atom. The van der Waals surface area contributed by atoms with Gasteiger partial charge in [0.25, 0.3) is 0 Å². The molecule has 0 bridgehead atoms. The second-order valence-corrected chi connectivity index (χ2v) is 3.94. The van der Waals surface area contributed by atoms with E-state index in [0.29, 0.717) is 17.8 Å². The van der Waals surface area contributed by atoms with Crippen molar-refractivity contribution in [3.63, 3.8) is 0 Å².